The summed E-state index contributed by atoms with van der Waals surface area (Å²) in [6, 6.07) is 11.7. The lowest BCUT2D eigenvalue weighted by Crippen LogP contribution is -2.09. The summed E-state index contributed by atoms with van der Waals surface area (Å²) in [5, 5.41) is 0. The lowest BCUT2D eigenvalue weighted by molar-refractivity contribution is 0.0728. The maximum absolute atomic E-state index is 12.1. The first-order chi connectivity index (χ1) is 10.2. The van der Waals surface area contributed by atoms with E-state index in [1.807, 2.05) is 13.0 Å². The molecule has 0 radical (unpaired) electrons. The molecule has 0 fully saturated rings. The van der Waals surface area contributed by atoms with Crippen molar-refractivity contribution in [3.8, 4) is 11.5 Å². The fourth-order valence-electron chi connectivity index (χ4n) is 1.72. The smallest absolute Gasteiger partial charge is 0.343 e. The van der Waals surface area contributed by atoms with Crippen LogP contribution in [0, 0.1) is 0 Å². The molecule has 0 aromatic heterocycles. The van der Waals surface area contributed by atoms with Gasteiger partial charge in [0.1, 0.15) is 0 Å². The van der Waals surface area contributed by atoms with E-state index in [4.69, 9.17) is 9.47 Å². The van der Waals surface area contributed by atoms with Gasteiger partial charge in [0.05, 0.1) is 12.2 Å². The predicted molar refractivity (Wildman–Crippen MR) is 82.1 cm³/mol. The number of esters is 1. The maximum Gasteiger partial charge on any atom is 0.343 e. The zero-order chi connectivity index (χ0) is 15.2. The molecule has 0 saturated carbocycles. The van der Waals surface area contributed by atoms with E-state index in [1.54, 1.807) is 30.3 Å². The molecule has 0 spiro atoms. The SMILES string of the molecule is CCOc1cc(C=O)c(Br)cc1OC(=O)c1ccccc1. The van der Waals surface area contributed by atoms with E-state index in [0.717, 1.165) is 0 Å². The zero-order valence-corrected chi connectivity index (χ0v) is 12.9. The monoisotopic (exact) mass is 348 g/mol. The minimum atomic E-state index is -0.484. The molecular weight excluding hydrogens is 336 g/mol. The fourth-order valence-corrected chi connectivity index (χ4v) is 2.14. The van der Waals surface area contributed by atoms with E-state index in [0.29, 0.717) is 34.2 Å². The number of rotatable bonds is 5. The van der Waals surface area contributed by atoms with Crippen LogP contribution in [0.25, 0.3) is 0 Å². The molecule has 0 bridgehead atoms. The van der Waals surface area contributed by atoms with Crippen molar-refractivity contribution in [1.29, 1.82) is 0 Å². The van der Waals surface area contributed by atoms with Crippen LogP contribution >= 0.6 is 15.9 Å². The van der Waals surface area contributed by atoms with Gasteiger partial charge in [-0.1, -0.05) is 18.2 Å². The van der Waals surface area contributed by atoms with Crippen LogP contribution in [0.1, 0.15) is 27.6 Å². The number of hydrogen-bond donors (Lipinski definition) is 0. The van der Waals surface area contributed by atoms with E-state index < -0.39 is 5.97 Å². The third-order valence-corrected chi connectivity index (χ3v) is 3.39. The second-order valence-electron chi connectivity index (χ2n) is 4.13. The molecule has 0 saturated heterocycles. The maximum atomic E-state index is 12.1. The summed E-state index contributed by atoms with van der Waals surface area (Å²) in [4.78, 5) is 23.0. The van der Waals surface area contributed by atoms with Gasteiger partial charge in [0.25, 0.3) is 0 Å². The Kier molecular flexibility index (Phi) is 5.11. The molecule has 2 aromatic carbocycles. The third-order valence-electron chi connectivity index (χ3n) is 2.70. The second-order valence-corrected chi connectivity index (χ2v) is 4.98. The van der Waals surface area contributed by atoms with Crippen molar-refractivity contribution < 1.29 is 19.1 Å². The Hall–Kier alpha value is -2.14. The highest BCUT2D eigenvalue weighted by Gasteiger charge is 2.15. The number of benzene rings is 2. The minimum absolute atomic E-state index is 0.267. The molecule has 4 nitrogen and oxygen atoms in total. The Morgan fingerprint density at radius 2 is 1.90 bits per heavy atom. The first kappa shape index (κ1) is 15.3. The van der Waals surface area contributed by atoms with Crippen LogP contribution in [0.5, 0.6) is 11.5 Å². The van der Waals surface area contributed by atoms with Crippen LogP contribution in [-0.4, -0.2) is 18.9 Å². The molecule has 0 N–H and O–H groups in total. The summed E-state index contributed by atoms with van der Waals surface area (Å²) in [6.07, 6.45) is 0.704. The van der Waals surface area contributed by atoms with E-state index >= 15 is 0 Å². The van der Waals surface area contributed by atoms with Gasteiger partial charge in [-0.3, -0.25) is 4.79 Å². The summed E-state index contributed by atoms with van der Waals surface area (Å²) >= 11 is 3.26. The van der Waals surface area contributed by atoms with E-state index in [2.05, 4.69) is 15.9 Å². The number of ether oxygens (including phenoxy) is 2. The van der Waals surface area contributed by atoms with Gasteiger partial charge in [0, 0.05) is 10.0 Å². The second kappa shape index (κ2) is 7.04. The number of halogens is 1. The Morgan fingerprint density at radius 3 is 2.52 bits per heavy atom. The van der Waals surface area contributed by atoms with Gasteiger partial charge < -0.3 is 9.47 Å². The van der Waals surface area contributed by atoms with Crippen LogP contribution in [0.2, 0.25) is 0 Å². The molecular formula is C16H13BrO4. The number of hydrogen-bond acceptors (Lipinski definition) is 4. The van der Waals surface area contributed by atoms with Gasteiger partial charge in [-0.05, 0) is 47.1 Å². The Morgan fingerprint density at radius 1 is 1.19 bits per heavy atom. The van der Waals surface area contributed by atoms with Crippen molar-refractivity contribution in [2.75, 3.05) is 6.61 Å². The Bertz CT molecular complexity index is 653. The predicted octanol–water partition coefficient (Wildman–Crippen LogP) is 3.88. The van der Waals surface area contributed by atoms with Gasteiger partial charge >= 0.3 is 5.97 Å². The molecule has 2 rings (SSSR count). The highest BCUT2D eigenvalue weighted by molar-refractivity contribution is 9.10. The number of carbonyl (C=O) groups excluding carboxylic acids is 2. The van der Waals surface area contributed by atoms with Crippen molar-refractivity contribution in [3.05, 3.63) is 58.1 Å². The first-order valence-corrected chi connectivity index (χ1v) is 7.13. The number of carbonyl (C=O) groups is 2. The summed E-state index contributed by atoms with van der Waals surface area (Å²) in [6.45, 7) is 2.21. The molecule has 0 aliphatic rings. The van der Waals surface area contributed by atoms with Crippen LogP contribution in [0.3, 0.4) is 0 Å². The average Bonchev–Trinajstić information content (AvgIpc) is 2.50. The van der Waals surface area contributed by atoms with Gasteiger partial charge in [-0.25, -0.2) is 4.79 Å². The lowest BCUT2D eigenvalue weighted by Gasteiger charge is -2.12. The molecule has 2 aromatic rings. The van der Waals surface area contributed by atoms with Crippen molar-refractivity contribution in [2.45, 2.75) is 6.92 Å². The fraction of sp³-hybridized carbons (Fsp3) is 0.125. The third kappa shape index (κ3) is 3.70. The van der Waals surface area contributed by atoms with Crippen molar-refractivity contribution in [1.82, 2.24) is 0 Å². The summed E-state index contributed by atoms with van der Waals surface area (Å²) in [5.74, 6) is 0.137. The normalized spacial score (nSPS) is 10.0. The van der Waals surface area contributed by atoms with Crippen molar-refractivity contribution in [2.24, 2.45) is 0 Å². The van der Waals surface area contributed by atoms with Gasteiger partial charge in [-0.15, -0.1) is 0 Å². The van der Waals surface area contributed by atoms with E-state index in [1.165, 1.54) is 6.07 Å². The summed E-state index contributed by atoms with van der Waals surface area (Å²) in [7, 11) is 0. The molecule has 108 valence electrons. The highest BCUT2D eigenvalue weighted by Crippen LogP contribution is 2.33. The quantitative estimate of drug-likeness (QED) is 0.467. The molecule has 21 heavy (non-hydrogen) atoms. The Balaban J connectivity index is 2.32. The molecule has 5 heteroatoms. The lowest BCUT2D eigenvalue weighted by atomic mass is 10.2. The largest absolute Gasteiger partial charge is 0.490 e. The van der Waals surface area contributed by atoms with Crippen molar-refractivity contribution in [3.63, 3.8) is 0 Å². The molecule has 0 heterocycles. The van der Waals surface area contributed by atoms with Crippen molar-refractivity contribution >= 4 is 28.2 Å². The highest BCUT2D eigenvalue weighted by atomic mass is 79.9. The topological polar surface area (TPSA) is 52.6 Å². The zero-order valence-electron chi connectivity index (χ0n) is 11.3. The molecule has 0 atom stereocenters. The van der Waals surface area contributed by atoms with E-state index in [9.17, 15) is 9.59 Å². The van der Waals surface area contributed by atoms with Gasteiger partial charge in [-0.2, -0.15) is 0 Å². The van der Waals surface area contributed by atoms with Gasteiger partial charge in [0.2, 0.25) is 0 Å². The minimum Gasteiger partial charge on any atom is -0.490 e. The summed E-state index contributed by atoms with van der Waals surface area (Å²) < 4.78 is 11.3. The van der Waals surface area contributed by atoms with Gasteiger partial charge in [0.15, 0.2) is 17.8 Å². The average molecular weight is 349 g/mol. The standard InChI is InChI=1S/C16H13BrO4/c1-2-20-14-8-12(10-18)13(17)9-15(14)21-16(19)11-6-4-3-5-7-11/h3-10H,2H2,1H3. The first-order valence-electron chi connectivity index (χ1n) is 6.34. The molecule has 0 aliphatic carbocycles. The van der Waals surface area contributed by atoms with Crippen LogP contribution in [0.4, 0.5) is 0 Å². The molecule has 0 unspecified atom stereocenters. The summed E-state index contributed by atoms with van der Waals surface area (Å²) in [5.41, 5.74) is 0.869. The van der Waals surface area contributed by atoms with E-state index in [-0.39, 0.29) is 5.75 Å². The number of aldehydes is 1. The molecule has 0 aliphatic heterocycles. The Labute approximate surface area is 130 Å². The van der Waals surface area contributed by atoms with Crippen LogP contribution < -0.4 is 9.47 Å². The van der Waals surface area contributed by atoms with Crippen LogP contribution in [0.15, 0.2) is 46.9 Å². The van der Waals surface area contributed by atoms with Crippen LogP contribution in [-0.2, 0) is 0 Å². The molecule has 0 amide bonds.